The molecule has 0 spiro atoms. The van der Waals surface area contributed by atoms with Gasteiger partial charge in [-0.3, -0.25) is 5.10 Å². The predicted octanol–water partition coefficient (Wildman–Crippen LogP) is 3.47. The van der Waals surface area contributed by atoms with Crippen LogP contribution >= 0.6 is 11.3 Å². The van der Waals surface area contributed by atoms with Crippen molar-refractivity contribution in [2.75, 3.05) is 0 Å². The average molecular weight is 194 g/mol. The third-order valence-corrected chi connectivity index (χ3v) is 2.21. The Morgan fingerprint density at radius 1 is 1.38 bits per heavy atom. The maximum Gasteiger partial charge on any atom is 0.0931 e. The van der Waals surface area contributed by atoms with E-state index in [1.165, 1.54) is 5.56 Å². The number of aryl methyl sites for hydroxylation is 1. The Labute approximate surface area is 82.6 Å². The number of nitrogens with zero attached hydrogens (tertiary/aromatic N) is 1. The first kappa shape index (κ1) is 9.99. The Balaban J connectivity index is 0.000000396. The van der Waals surface area contributed by atoms with Crippen LogP contribution in [0.2, 0.25) is 0 Å². The van der Waals surface area contributed by atoms with Crippen LogP contribution in [0.1, 0.15) is 19.5 Å². The van der Waals surface area contributed by atoms with Crippen molar-refractivity contribution in [3.8, 4) is 11.3 Å². The van der Waals surface area contributed by atoms with E-state index in [0.29, 0.717) is 0 Å². The lowest BCUT2D eigenvalue weighted by Gasteiger charge is -1.84. The molecule has 2 heterocycles. The summed E-state index contributed by atoms with van der Waals surface area (Å²) in [7, 11) is 0. The van der Waals surface area contributed by atoms with E-state index in [-0.39, 0.29) is 0 Å². The van der Waals surface area contributed by atoms with Gasteiger partial charge >= 0.3 is 0 Å². The van der Waals surface area contributed by atoms with E-state index in [9.17, 15) is 0 Å². The van der Waals surface area contributed by atoms with Crippen LogP contribution in [0.4, 0.5) is 0 Å². The predicted molar refractivity (Wildman–Crippen MR) is 58.0 cm³/mol. The Morgan fingerprint density at radius 3 is 2.62 bits per heavy atom. The summed E-state index contributed by atoms with van der Waals surface area (Å²) >= 11 is 1.69. The summed E-state index contributed by atoms with van der Waals surface area (Å²) in [4.78, 5) is 0. The minimum atomic E-state index is 1.03. The highest BCUT2D eigenvalue weighted by atomic mass is 32.1. The average Bonchev–Trinajstić information content (AvgIpc) is 2.77. The number of rotatable bonds is 1. The molecule has 70 valence electrons. The maximum absolute atomic E-state index is 4.14. The molecular formula is C10H14N2S. The molecule has 0 aliphatic rings. The number of hydrogen-bond acceptors (Lipinski definition) is 2. The molecule has 0 bridgehead atoms. The van der Waals surface area contributed by atoms with Crippen LogP contribution in [0.5, 0.6) is 0 Å². The molecule has 0 aliphatic heterocycles. The van der Waals surface area contributed by atoms with Crippen molar-refractivity contribution in [1.82, 2.24) is 10.2 Å². The second-order valence-corrected chi connectivity index (χ2v) is 3.23. The summed E-state index contributed by atoms with van der Waals surface area (Å²) in [5.74, 6) is 0. The first-order valence-corrected chi connectivity index (χ1v) is 5.35. The van der Waals surface area contributed by atoms with Crippen molar-refractivity contribution >= 4 is 11.3 Å². The molecule has 3 heteroatoms. The Bertz CT molecular complexity index is 335. The fourth-order valence-electron chi connectivity index (χ4n) is 0.976. The number of nitrogens with one attached hydrogen (secondary N) is 1. The summed E-state index contributed by atoms with van der Waals surface area (Å²) in [6, 6.07) is 4.11. The number of hydrogen-bond donors (Lipinski definition) is 1. The van der Waals surface area contributed by atoms with Gasteiger partial charge in [0.05, 0.1) is 5.69 Å². The van der Waals surface area contributed by atoms with E-state index in [1.54, 1.807) is 11.3 Å². The number of aromatic amines is 1. The highest BCUT2D eigenvalue weighted by Gasteiger charge is 1.99. The van der Waals surface area contributed by atoms with Crippen molar-refractivity contribution < 1.29 is 0 Å². The van der Waals surface area contributed by atoms with E-state index in [4.69, 9.17) is 0 Å². The van der Waals surface area contributed by atoms with Gasteiger partial charge < -0.3 is 0 Å². The largest absolute Gasteiger partial charge is 0.282 e. The normalized spacial score (nSPS) is 9.15. The highest BCUT2D eigenvalue weighted by Crippen LogP contribution is 2.19. The van der Waals surface area contributed by atoms with E-state index in [1.807, 2.05) is 26.8 Å². The van der Waals surface area contributed by atoms with Gasteiger partial charge in [-0.25, -0.2) is 0 Å². The smallest absolute Gasteiger partial charge is 0.0931 e. The van der Waals surface area contributed by atoms with Crippen LogP contribution in [0, 0.1) is 6.92 Å². The van der Waals surface area contributed by atoms with Crippen LogP contribution in [0.15, 0.2) is 22.9 Å². The molecule has 0 amide bonds. The van der Waals surface area contributed by atoms with Crippen molar-refractivity contribution in [2.24, 2.45) is 0 Å². The van der Waals surface area contributed by atoms with Gasteiger partial charge in [-0.15, -0.1) is 0 Å². The van der Waals surface area contributed by atoms with Crippen LogP contribution in [-0.4, -0.2) is 10.2 Å². The Kier molecular flexibility index (Phi) is 3.71. The molecular weight excluding hydrogens is 180 g/mol. The molecule has 0 aliphatic carbocycles. The van der Waals surface area contributed by atoms with E-state index in [2.05, 4.69) is 27.0 Å². The van der Waals surface area contributed by atoms with Crippen LogP contribution in [0.3, 0.4) is 0 Å². The molecule has 0 saturated carbocycles. The molecule has 0 fully saturated rings. The zero-order valence-electron chi connectivity index (χ0n) is 8.16. The highest BCUT2D eigenvalue weighted by molar-refractivity contribution is 7.08. The van der Waals surface area contributed by atoms with Crippen molar-refractivity contribution in [3.63, 3.8) is 0 Å². The molecule has 2 rings (SSSR count). The molecule has 0 aromatic carbocycles. The van der Waals surface area contributed by atoms with Crippen LogP contribution in [-0.2, 0) is 0 Å². The van der Waals surface area contributed by atoms with Gasteiger partial charge in [0.2, 0.25) is 0 Å². The molecule has 1 N–H and O–H groups in total. The van der Waals surface area contributed by atoms with Crippen LogP contribution in [0.25, 0.3) is 11.3 Å². The summed E-state index contributed by atoms with van der Waals surface area (Å²) < 4.78 is 0. The van der Waals surface area contributed by atoms with Gasteiger partial charge in [0, 0.05) is 16.6 Å². The molecule has 0 radical (unpaired) electrons. The molecule has 2 nitrogen and oxygen atoms in total. The van der Waals surface area contributed by atoms with Crippen molar-refractivity contribution in [2.45, 2.75) is 20.8 Å². The zero-order chi connectivity index (χ0) is 9.68. The van der Waals surface area contributed by atoms with E-state index < -0.39 is 0 Å². The third-order valence-electron chi connectivity index (χ3n) is 1.52. The Morgan fingerprint density at radius 2 is 2.15 bits per heavy atom. The first-order chi connectivity index (χ1) is 6.36. The monoisotopic (exact) mass is 194 g/mol. The van der Waals surface area contributed by atoms with Gasteiger partial charge in [0.1, 0.15) is 0 Å². The van der Waals surface area contributed by atoms with Gasteiger partial charge in [0.15, 0.2) is 0 Å². The van der Waals surface area contributed by atoms with Gasteiger partial charge in [-0.2, -0.15) is 16.4 Å². The molecule has 13 heavy (non-hydrogen) atoms. The first-order valence-electron chi connectivity index (χ1n) is 4.41. The maximum atomic E-state index is 4.14. The van der Waals surface area contributed by atoms with Gasteiger partial charge in [0.25, 0.3) is 0 Å². The quantitative estimate of drug-likeness (QED) is 0.739. The third kappa shape index (κ3) is 2.42. The zero-order valence-corrected chi connectivity index (χ0v) is 8.98. The molecule has 2 aromatic rings. The fourth-order valence-corrected chi connectivity index (χ4v) is 1.63. The lowest BCUT2D eigenvalue weighted by molar-refractivity contribution is 1.05. The summed E-state index contributed by atoms with van der Waals surface area (Å²) in [6.07, 6.45) is 0. The fraction of sp³-hybridized carbons (Fsp3) is 0.300. The van der Waals surface area contributed by atoms with E-state index in [0.717, 1.165) is 11.4 Å². The van der Waals surface area contributed by atoms with E-state index >= 15 is 0 Å². The lowest BCUT2D eigenvalue weighted by Crippen LogP contribution is -1.71. The Hall–Kier alpha value is -1.09. The second kappa shape index (κ2) is 4.82. The van der Waals surface area contributed by atoms with Gasteiger partial charge in [-0.05, 0) is 24.4 Å². The van der Waals surface area contributed by atoms with Crippen molar-refractivity contribution in [1.29, 1.82) is 0 Å². The summed E-state index contributed by atoms with van der Waals surface area (Å²) in [5, 5.41) is 11.2. The lowest BCUT2D eigenvalue weighted by atomic mass is 10.2. The molecule has 0 saturated heterocycles. The number of thiophene rings is 1. The second-order valence-electron chi connectivity index (χ2n) is 2.45. The number of aromatic nitrogens is 2. The number of H-pyrrole nitrogens is 1. The minimum Gasteiger partial charge on any atom is -0.282 e. The topological polar surface area (TPSA) is 28.7 Å². The van der Waals surface area contributed by atoms with Crippen LogP contribution < -0.4 is 0 Å². The molecule has 0 unspecified atom stereocenters. The minimum absolute atomic E-state index is 1.03. The SMILES string of the molecule is CC.Cc1cc(-c2ccsc2)n[nH]1. The standard InChI is InChI=1S/C8H8N2S.C2H6/c1-6-4-8(10-9-6)7-2-3-11-5-7;1-2/h2-5H,1H3,(H,9,10);1-2H3. The molecule has 0 atom stereocenters. The van der Waals surface area contributed by atoms with Gasteiger partial charge in [-0.1, -0.05) is 13.8 Å². The summed E-state index contributed by atoms with van der Waals surface area (Å²) in [6.45, 7) is 6.00. The molecule has 2 aromatic heterocycles. The summed E-state index contributed by atoms with van der Waals surface area (Å²) in [5.41, 5.74) is 3.33. The van der Waals surface area contributed by atoms with Crippen molar-refractivity contribution in [3.05, 3.63) is 28.6 Å².